The summed E-state index contributed by atoms with van der Waals surface area (Å²) in [6.45, 7) is 0. The van der Waals surface area contributed by atoms with Crippen LogP contribution in [0, 0.1) is 0 Å². The number of nitrogens with two attached hydrogens (primary N) is 1. The monoisotopic (exact) mass is 348 g/mol. The zero-order valence-corrected chi connectivity index (χ0v) is 11.8. The molecule has 3 nitrogen and oxygen atoms in total. The number of carbonyl (C=O) groups is 1. The normalized spacial score (nSPS) is 12.1. The molecule has 3 N–H and O–H groups in total. The van der Waals surface area contributed by atoms with Crippen LogP contribution in [0.2, 0.25) is 0 Å². The number of alkyl halides is 6. The number of carbonyl (C=O) groups excluding carboxylic acids is 1. The van der Waals surface area contributed by atoms with Crippen molar-refractivity contribution in [3.8, 4) is 0 Å². The van der Waals surface area contributed by atoms with Gasteiger partial charge in [0.25, 0.3) is 5.91 Å². The van der Waals surface area contributed by atoms with Crippen molar-refractivity contribution in [2.75, 3.05) is 11.1 Å². The molecule has 2 aromatic carbocycles. The van der Waals surface area contributed by atoms with E-state index in [1.165, 1.54) is 6.07 Å². The molecule has 0 saturated carbocycles. The van der Waals surface area contributed by atoms with Crippen LogP contribution in [-0.2, 0) is 12.4 Å². The molecule has 0 saturated heterocycles. The van der Waals surface area contributed by atoms with E-state index in [9.17, 15) is 31.1 Å². The Balaban J connectivity index is 2.32. The van der Waals surface area contributed by atoms with Gasteiger partial charge >= 0.3 is 12.4 Å². The lowest BCUT2D eigenvalue weighted by molar-refractivity contribution is -0.138. The highest BCUT2D eigenvalue weighted by Gasteiger charge is 2.35. The van der Waals surface area contributed by atoms with Crippen LogP contribution < -0.4 is 11.1 Å². The van der Waals surface area contributed by atoms with Crippen LogP contribution >= 0.6 is 0 Å². The molecule has 0 aliphatic carbocycles. The Kier molecular flexibility index (Phi) is 4.46. The van der Waals surface area contributed by atoms with Crippen LogP contribution in [0.25, 0.3) is 0 Å². The largest absolute Gasteiger partial charge is 0.417 e. The summed E-state index contributed by atoms with van der Waals surface area (Å²) in [6.07, 6.45) is -9.38. The molecule has 0 aliphatic heterocycles. The number of nitrogen functional groups attached to an aromatic ring is 1. The molecule has 0 fully saturated rings. The molecule has 0 unspecified atom stereocenters. The van der Waals surface area contributed by atoms with E-state index in [4.69, 9.17) is 5.73 Å². The molecule has 1 amide bonds. The Morgan fingerprint density at radius 1 is 0.917 bits per heavy atom. The van der Waals surface area contributed by atoms with Gasteiger partial charge in [0.2, 0.25) is 0 Å². The average molecular weight is 348 g/mol. The van der Waals surface area contributed by atoms with Crippen molar-refractivity contribution in [3.63, 3.8) is 0 Å². The molecule has 24 heavy (non-hydrogen) atoms. The molecule has 0 bridgehead atoms. The molecule has 0 aromatic heterocycles. The Hall–Kier alpha value is -2.71. The van der Waals surface area contributed by atoms with Crippen LogP contribution in [0.1, 0.15) is 21.5 Å². The second kappa shape index (κ2) is 6.06. The number of rotatable bonds is 2. The van der Waals surface area contributed by atoms with Crippen LogP contribution in [-0.4, -0.2) is 5.91 Å². The van der Waals surface area contributed by atoms with Gasteiger partial charge in [-0.25, -0.2) is 0 Å². The van der Waals surface area contributed by atoms with Crippen LogP contribution in [0.3, 0.4) is 0 Å². The standard InChI is InChI=1S/C15H10F6N2O/c16-14(17,18)8-5-6-12(11(22)7-8)23-13(24)9-3-1-2-4-10(9)15(19,20)21/h1-7H,22H2,(H,23,24). The third-order valence-corrected chi connectivity index (χ3v) is 3.10. The van der Waals surface area contributed by atoms with Crippen molar-refractivity contribution in [1.29, 1.82) is 0 Å². The summed E-state index contributed by atoms with van der Waals surface area (Å²) in [4.78, 5) is 12.0. The molecule has 0 aliphatic rings. The summed E-state index contributed by atoms with van der Waals surface area (Å²) in [6, 6.07) is 6.18. The average Bonchev–Trinajstić information content (AvgIpc) is 2.47. The zero-order chi connectivity index (χ0) is 18.1. The van der Waals surface area contributed by atoms with Crippen molar-refractivity contribution in [1.82, 2.24) is 0 Å². The topological polar surface area (TPSA) is 55.1 Å². The molecule has 0 radical (unpaired) electrons. The molecule has 2 rings (SSSR count). The minimum atomic E-state index is -4.75. The third-order valence-electron chi connectivity index (χ3n) is 3.10. The zero-order valence-electron chi connectivity index (χ0n) is 11.8. The van der Waals surface area contributed by atoms with Crippen LogP contribution in [0.4, 0.5) is 37.7 Å². The van der Waals surface area contributed by atoms with Gasteiger partial charge in [-0.05, 0) is 30.3 Å². The fourth-order valence-electron chi connectivity index (χ4n) is 1.97. The van der Waals surface area contributed by atoms with Crippen molar-refractivity contribution in [2.45, 2.75) is 12.4 Å². The van der Waals surface area contributed by atoms with Crippen molar-refractivity contribution in [3.05, 3.63) is 59.2 Å². The first-order valence-corrected chi connectivity index (χ1v) is 6.44. The lowest BCUT2D eigenvalue weighted by atomic mass is 10.1. The predicted octanol–water partition coefficient (Wildman–Crippen LogP) is 4.56. The molecule has 0 atom stereocenters. The molecular formula is C15H10F6N2O. The van der Waals surface area contributed by atoms with E-state index in [0.717, 1.165) is 24.3 Å². The summed E-state index contributed by atoms with van der Waals surface area (Å²) in [7, 11) is 0. The van der Waals surface area contributed by atoms with Crippen LogP contribution in [0.15, 0.2) is 42.5 Å². The van der Waals surface area contributed by atoms with Gasteiger partial charge in [-0.15, -0.1) is 0 Å². The van der Waals surface area contributed by atoms with Gasteiger partial charge in [0, 0.05) is 0 Å². The number of benzene rings is 2. The van der Waals surface area contributed by atoms with E-state index in [-0.39, 0.29) is 5.69 Å². The number of anilines is 2. The van der Waals surface area contributed by atoms with Crippen molar-refractivity contribution < 1.29 is 31.1 Å². The highest BCUT2D eigenvalue weighted by atomic mass is 19.4. The summed E-state index contributed by atoms with van der Waals surface area (Å²) in [5, 5.41) is 2.09. The smallest absolute Gasteiger partial charge is 0.397 e. The summed E-state index contributed by atoms with van der Waals surface area (Å²) >= 11 is 0. The van der Waals surface area contributed by atoms with Gasteiger partial charge < -0.3 is 11.1 Å². The lowest BCUT2D eigenvalue weighted by Crippen LogP contribution is -2.19. The second-order valence-electron chi connectivity index (χ2n) is 4.80. The molecule has 0 spiro atoms. The van der Waals surface area contributed by atoms with Crippen LogP contribution in [0.5, 0.6) is 0 Å². The molecular weight excluding hydrogens is 338 g/mol. The number of amides is 1. The van der Waals surface area contributed by atoms with E-state index in [0.29, 0.717) is 12.1 Å². The first-order chi connectivity index (χ1) is 11.0. The maximum absolute atomic E-state index is 12.9. The second-order valence-corrected chi connectivity index (χ2v) is 4.80. The third kappa shape index (κ3) is 3.79. The molecule has 2 aromatic rings. The fourth-order valence-corrected chi connectivity index (χ4v) is 1.97. The highest BCUT2D eigenvalue weighted by Crippen LogP contribution is 2.34. The first-order valence-electron chi connectivity index (χ1n) is 6.44. The molecule has 0 heterocycles. The lowest BCUT2D eigenvalue weighted by Gasteiger charge is -2.14. The highest BCUT2D eigenvalue weighted by molar-refractivity contribution is 6.06. The van der Waals surface area contributed by atoms with Gasteiger partial charge in [0.15, 0.2) is 0 Å². The summed E-state index contributed by atoms with van der Waals surface area (Å²) in [5.74, 6) is -1.13. The first kappa shape index (κ1) is 17.6. The Morgan fingerprint density at radius 3 is 2.08 bits per heavy atom. The van der Waals surface area contributed by atoms with Gasteiger partial charge in [-0.1, -0.05) is 12.1 Å². The van der Waals surface area contributed by atoms with E-state index in [1.54, 1.807) is 0 Å². The number of nitrogens with one attached hydrogen (secondary N) is 1. The van der Waals surface area contributed by atoms with Gasteiger partial charge in [-0.2, -0.15) is 26.3 Å². The van der Waals surface area contributed by atoms with Gasteiger partial charge in [-0.3, -0.25) is 4.79 Å². The molecule has 9 heteroatoms. The number of hydrogen-bond donors (Lipinski definition) is 2. The van der Waals surface area contributed by atoms with E-state index < -0.39 is 40.6 Å². The number of halogens is 6. The SMILES string of the molecule is Nc1cc(C(F)(F)F)ccc1NC(=O)c1ccccc1C(F)(F)F. The number of hydrogen-bond acceptors (Lipinski definition) is 2. The Morgan fingerprint density at radius 2 is 1.54 bits per heavy atom. The molecule has 128 valence electrons. The minimum absolute atomic E-state index is 0.218. The Bertz CT molecular complexity index is 767. The summed E-state index contributed by atoms with van der Waals surface area (Å²) in [5.41, 5.74) is 1.94. The van der Waals surface area contributed by atoms with E-state index in [2.05, 4.69) is 5.32 Å². The minimum Gasteiger partial charge on any atom is -0.397 e. The van der Waals surface area contributed by atoms with Crippen molar-refractivity contribution >= 4 is 17.3 Å². The summed E-state index contributed by atoms with van der Waals surface area (Å²) < 4.78 is 76.3. The predicted molar refractivity (Wildman–Crippen MR) is 75.3 cm³/mol. The van der Waals surface area contributed by atoms with Gasteiger partial charge in [0.1, 0.15) is 0 Å². The van der Waals surface area contributed by atoms with E-state index >= 15 is 0 Å². The maximum atomic E-state index is 12.9. The van der Waals surface area contributed by atoms with Gasteiger partial charge in [0.05, 0.1) is 28.1 Å². The van der Waals surface area contributed by atoms with Crippen molar-refractivity contribution in [2.24, 2.45) is 0 Å². The maximum Gasteiger partial charge on any atom is 0.417 e. The fraction of sp³-hybridized carbons (Fsp3) is 0.133. The quantitative estimate of drug-likeness (QED) is 0.618. The Labute approximate surface area is 132 Å². The van der Waals surface area contributed by atoms with E-state index in [1.807, 2.05) is 0 Å².